The fraction of sp³-hybridized carbons (Fsp3) is 0.588. The summed E-state index contributed by atoms with van der Waals surface area (Å²) in [4.78, 5) is 12.6. The third kappa shape index (κ3) is 4.68. The van der Waals surface area contributed by atoms with Crippen molar-refractivity contribution in [3.63, 3.8) is 0 Å². The number of hydrogen-bond acceptors (Lipinski definition) is 6. The van der Waals surface area contributed by atoms with Gasteiger partial charge in [-0.25, -0.2) is 0 Å². The summed E-state index contributed by atoms with van der Waals surface area (Å²) in [5, 5.41) is 6.19. The molecular formula is C17H27ClN2O5. The van der Waals surface area contributed by atoms with E-state index in [2.05, 4.69) is 10.6 Å². The monoisotopic (exact) mass is 374 g/mol. The quantitative estimate of drug-likeness (QED) is 0.753. The SMILES string of the molecule is COc1cc(OC)c(OC)cc1CNC(=O)C1(OC)CCNCC1.Cl. The molecule has 0 aromatic heterocycles. The topological polar surface area (TPSA) is 78.0 Å². The molecule has 0 bridgehead atoms. The van der Waals surface area contributed by atoms with Gasteiger partial charge in [0.2, 0.25) is 0 Å². The van der Waals surface area contributed by atoms with E-state index in [1.807, 2.05) is 0 Å². The highest BCUT2D eigenvalue weighted by Gasteiger charge is 2.39. The Balaban J connectivity index is 0.00000312. The molecule has 0 radical (unpaired) electrons. The average Bonchev–Trinajstić information content (AvgIpc) is 2.65. The summed E-state index contributed by atoms with van der Waals surface area (Å²) in [6, 6.07) is 3.55. The molecule has 25 heavy (non-hydrogen) atoms. The first kappa shape index (κ1) is 21.3. The number of ether oxygens (including phenoxy) is 4. The Labute approximate surface area is 154 Å². The van der Waals surface area contributed by atoms with Crippen molar-refractivity contribution < 1.29 is 23.7 Å². The van der Waals surface area contributed by atoms with Gasteiger partial charge in [0, 0.05) is 25.3 Å². The Morgan fingerprint density at radius 3 is 2.12 bits per heavy atom. The molecule has 2 N–H and O–H groups in total. The summed E-state index contributed by atoms with van der Waals surface area (Å²) in [5.74, 6) is 1.69. The second-order valence-electron chi connectivity index (χ2n) is 5.65. The molecule has 0 atom stereocenters. The Bertz CT molecular complexity index is 576. The minimum Gasteiger partial charge on any atom is -0.496 e. The molecule has 8 heteroatoms. The Morgan fingerprint density at radius 1 is 1.04 bits per heavy atom. The zero-order valence-corrected chi connectivity index (χ0v) is 16.0. The summed E-state index contributed by atoms with van der Waals surface area (Å²) < 4.78 is 21.5. The van der Waals surface area contributed by atoms with Crippen LogP contribution in [0.1, 0.15) is 18.4 Å². The fourth-order valence-corrected chi connectivity index (χ4v) is 2.92. The number of carbonyl (C=O) groups excluding carboxylic acids is 1. The van der Waals surface area contributed by atoms with E-state index in [0.717, 1.165) is 18.7 Å². The van der Waals surface area contributed by atoms with Crippen molar-refractivity contribution in [3.8, 4) is 17.2 Å². The molecule has 0 spiro atoms. The number of amides is 1. The van der Waals surface area contributed by atoms with Gasteiger partial charge in [0.1, 0.15) is 11.4 Å². The molecule has 1 saturated heterocycles. The van der Waals surface area contributed by atoms with Crippen LogP contribution in [0.25, 0.3) is 0 Å². The molecule has 2 rings (SSSR count). The van der Waals surface area contributed by atoms with Crippen molar-refractivity contribution in [1.82, 2.24) is 10.6 Å². The van der Waals surface area contributed by atoms with Gasteiger partial charge in [-0.3, -0.25) is 4.79 Å². The molecule has 1 heterocycles. The smallest absolute Gasteiger partial charge is 0.252 e. The van der Waals surface area contributed by atoms with Gasteiger partial charge in [-0.15, -0.1) is 12.4 Å². The average molecular weight is 375 g/mol. The number of hydrogen-bond donors (Lipinski definition) is 2. The summed E-state index contributed by atoms with van der Waals surface area (Å²) in [6.45, 7) is 1.85. The lowest BCUT2D eigenvalue weighted by Crippen LogP contribution is -2.53. The van der Waals surface area contributed by atoms with Crippen LogP contribution in [0.2, 0.25) is 0 Å². The molecule has 0 saturated carbocycles. The van der Waals surface area contributed by atoms with Crippen molar-refractivity contribution in [2.24, 2.45) is 0 Å². The molecule has 7 nitrogen and oxygen atoms in total. The molecule has 0 aliphatic carbocycles. The van der Waals surface area contributed by atoms with E-state index in [1.54, 1.807) is 40.6 Å². The number of nitrogens with one attached hydrogen (secondary N) is 2. The minimum absolute atomic E-state index is 0. The molecular weight excluding hydrogens is 348 g/mol. The van der Waals surface area contributed by atoms with Crippen molar-refractivity contribution in [3.05, 3.63) is 17.7 Å². The highest BCUT2D eigenvalue weighted by Crippen LogP contribution is 2.34. The van der Waals surface area contributed by atoms with E-state index >= 15 is 0 Å². The Morgan fingerprint density at radius 2 is 1.60 bits per heavy atom. The third-order valence-electron chi connectivity index (χ3n) is 4.44. The highest BCUT2D eigenvalue weighted by atomic mass is 35.5. The van der Waals surface area contributed by atoms with Gasteiger partial charge >= 0.3 is 0 Å². The number of methoxy groups -OCH3 is 4. The summed E-state index contributed by atoms with van der Waals surface area (Å²) in [6.07, 6.45) is 1.30. The normalized spacial score (nSPS) is 15.7. The van der Waals surface area contributed by atoms with Crippen LogP contribution >= 0.6 is 12.4 Å². The standard InChI is InChI=1S/C17H26N2O5.ClH/c1-21-13-10-15(23-3)14(22-2)9-12(13)11-19-16(20)17(24-4)5-7-18-8-6-17;/h9-10,18H,5-8,11H2,1-4H3,(H,19,20);1H. The molecule has 1 amide bonds. The van der Waals surface area contributed by atoms with Crippen molar-refractivity contribution in [2.45, 2.75) is 25.0 Å². The first-order valence-electron chi connectivity index (χ1n) is 7.93. The lowest BCUT2D eigenvalue weighted by atomic mass is 9.91. The van der Waals surface area contributed by atoms with E-state index in [9.17, 15) is 4.79 Å². The van der Waals surface area contributed by atoms with Gasteiger partial charge in [0.05, 0.1) is 21.3 Å². The lowest BCUT2D eigenvalue weighted by molar-refractivity contribution is -0.146. The van der Waals surface area contributed by atoms with Crippen LogP contribution in [0.15, 0.2) is 12.1 Å². The van der Waals surface area contributed by atoms with Crippen LogP contribution < -0.4 is 24.8 Å². The van der Waals surface area contributed by atoms with E-state index in [4.69, 9.17) is 18.9 Å². The van der Waals surface area contributed by atoms with Crippen LogP contribution in [0.5, 0.6) is 17.2 Å². The molecule has 1 aromatic carbocycles. The van der Waals surface area contributed by atoms with Gasteiger partial charge in [0.15, 0.2) is 11.5 Å². The van der Waals surface area contributed by atoms with Gasteiger partial charge in [0.25, 0.3) is 5.91 Å². The van der Waals surface area contributed by atoms with E-state index in [1.165, 1.54) is 0 Å². The Kier molecular flexibility index (Phi) is 8.28. The van der Waals surface area contributed by atoms with Gasteiger partial charge in [-0.2, -0.15) is 0 Å². The fourth-order valence-electron chi connectivity index (χ4n) is 2.92. The number of piperidine rings is 1. The highest BCUT2D eigenvalue weighted by molar-refractivity contribution is 5.85. The molecule has 1 aromatic rings. The second-order valence-corrected chi connectivity index (χ2v) is 5.65. The number of halogens is 1. The maximum Gasteiger partial charge on any atom is 0.252 e. The first-order valence-corrected chi connectivity index (χ1v) is 7.93. The van der Waals surface area contributed by atoms with Crippen LogP contribution in [0.4, 0.5) is 0 Å². The maximum absolute atomic E-state index is 12.6. The lowest BCUT2D eigenvalue weighted by Gasteiger charge is -2.34. The van der Waals surface area contributed by atoms with Crippen LogP contribution in [-0.2, 0) is 16.1 Å². The number of benzene rings is 1. The van der Waals surface area contributed by atoms with Crippen molar-refractivity contribution in [1.29, 1.82) is 0 Å². The molecule has 1 fully saturated rings. The molecule has 1 aliphatic rings. The van der Waals surface area contributed by atoms with E-state index in [-0.39, 0.29) is 18.3 Å². The maximum atomic E-state index is 12.6. The largest absolute Gasteiger partial charge is 0.496 e. The molecule has 142 valence electrons. The van der Waals surface area contributed by atoms with Crippen LogP contribution in [0, 0.1) is 0 Å². The zero-order valence-electron chi connectivity index (χ0n) is 15.1. The molecule has 0 unspecified atom stereocenters. The zero-order chi connectivity index (χ0) is 17.6. The second kappa shape index (κ2) is 9.70. The predicted octanol–water partition coefficient (Wildman–Crippen LogP) is 1.52. The summed E-state index contributed by atoms with van der Waals surface area (Å²) >= 11 is 0. The van der Waals surface area contributed by atoms with Crippen LogP contribution in [0.3, 0.4) is 0 Å². The third-order valence-corrected chi connectivity index (χ3v) is 4.44. The van der Waals surface area contributed by atoms with E-state index in [0.29, 0.717) is 36.6 Å². The van der Waals surface area contributed by atoms with Gasteiger partial charge in [-0.1, -0.05) is 0 Å². The number of rotatable bonds is 7. The Hall–Kier alpha value is -1.70. The van der Waals surface area contributed by atoms with Crippen molar-refractivity contribution >= 4 is 18.3 Å². The minimum atomic E-state index is -0.769. The van der Waals surface area contributed by atoms with Gasteiger partial charge < -0.3 is 29.6 Å². The predicted molar refractivity (Wildman–Crippen MR) is 97.0 cm³/mol. The first-order chi connectivity index (χ1) is 11.6. The molecule has 1 aliphatic heterocycles. The number of carbonyl (C=O) groups is 1. The summed E-state index contributed by atoms with van der Waals surface area (Å²) in [5.41, 5.74) is 0.0402. The van der Waals surface area contributed by atoms with Gasteiger partial charge in [-0.05, 0) is 32.0 Å². The summed E-state index contributed by atoms with van der Waals surface area (Å²) in [7, 11) is 6.30. The van der Waals surface area contributed by atoms with Crippen LogP contribution in [-0.4, -0.2) is 53.0 Å². The van der Waals surface area contributed by atoms with E-state index < -0.39 is 5.60 Å². The van der Waals surface area contributed by atoms with Crippen molar-refractivity contribution in [2.75, 3.05) is 41.5 Å².